The standard InChI is InChI=1S/C14H30O.C14H28.2CH4/c1-9(2)13(10(3)4)14(15,11(5)6)12(7)8;1-9(2)13(10(3)4)14(11(5)6)12(7)8;;/h9-13,15H,1-8H3;9-12H,1-8H3;2*1H4. The van der Waals surface area contributed by atoms with E-state index in [9.17, 15) is 5.11 Å². The molecule has 0 saturated heterocycles. The normalized spacial score (nSPS) is 12.2. The number of aliphatic hydroxyl groups is 1. The maximum absolute atomic E-state index is 11.0. The lowest BCUT2D eigenvalue weighted by molar-refractivity contribution is -0.124. The number of allylic oxidation sites excluding steroid dienone is 2. The number of hydrogen-bond donors (Lipinski definition) is 1. The molecule has 0 bridgehead atoms. The molecule has 0 radical (unpaired) electrons. The summed E-state index contributed by atoms with van der Waals surface area (Å²) in [6.07, 6.45) is 0. The average molecular weight is 443 g/mol. The molecule has 0 amide bonds. The Morgan fingerprint density at radius 1 is 0.452 bits per heavy atom. The monoisotopic (exact) mass is 443 g/mol. The lowest BCUT2D eigenvalue weighted by atomic mass is 9.63. The van der Waals surface area contributed by atoms with Crippen molar-refractivity contribution in [2.45, 2.75) is 131 Å². The fourth-order valence-corrected chi connectivity index (χ4v) is 5.94. The van der Waals surface area contributed by atoms with Crippen molar-refractivity contribution < 1.29 is 5.11 Å². The molecule has 31 heavy (non-hydrogen) atoms. The van der Waals surface area contributed by atoms with Crippen molar-refractivity contribution in [1.29, 1.82) is 0 Å². The van der Waals surface area contributed by atoms with Gasteiger partial charge in [-0.3, -0.25) is 0 Å². The molecule has 192 valence electrons. The molecule has 0 aromatic rings. The van der Waals surface area contributed by atoms with Crippen molar-refractivity contribution in [2.24, 2.45) is 53.3 Å². The van der Waals surface area contributed by atoms with E-state index in [4.69, 9.17) is 0 Å². The molecule has 0 aliphatic heterocycles. The maximum Gasteiger partial charge on any atom is 0.0726 e. The van der Waals surface area contributed by atoms with Gasteiger partial charge in [0.1, 0.15) is 0 Å². The van der Waals surface area contributed by atoms with Gasteiger partial charge in [-0.25, -0.2) is 0 Å². The van der Waals surface area contributed by atoms with Crippen molar-refractivity contribution in [3.63, 3.8) is 0 Å². The van der Waals surface area contributed by atoms with Crippen LogP contribution in [0.25, 0.3) is 0 Å². The summed E-state index contributed by atoms with van der Waals surface area (Å²) in [5, 5.41) is 11.0. The Morgan fingerprint density at radius 3 is 0.710 bits per heavy atom. The molecular weight excluding hydrogens is 376 g/mol. The maximum atomic E-state index is 11.0. The third-order valence-corrected chi connectivity index (χ3v) is 6.64. The molecule has 0 aromatic heterocycles. The third-order valence-electron chi connectivity index (χ3n) is 6.64. The molecule has 0 heterocycles. The van der Waals surface area contributed by atoms with Gasteiger partial charge in [-0.2, -0.15) is 0 Å². The van der Waals surface area contributed by atoms with Gasteiger partial charge in [0.15, 0.2) is 0 Å². The molecule has 1 N–H and O–H groups in total. The van der Waals surface area contributed by atoms with Crippen molar-refractivity contribution in [3.05, 3.63) is 11.1 Å². The third kappa shape index (κ3) is 10.9. The van der Waals surface area contributed by atoms with E-state index in [1.807, 2.05) is 0 Å². The Bertz CT molecular complexity index is 403. The molecule has 0 saturated carbocycles. The van der Waals surface area contributed by atoms with Gasteiger partial charge in [-0.1, -0.05) is 137 Å². The summed E-state index contributed by atoms with van der Waals surface area (Å²) in [6.45, 7) is 36.0. The van der Waals surface area contributed by atoms with E-state index in [2.05, 4.69) is 111 Å². The van der Waals surface area contributed by atoms with Crippen molar-refractivity contribution in [1.82, 2.24) is 0 Å². The Kier molecular flexibility index (Phi) is 20.0. The van der Waals surface area contributed by atoms with E-state index in [0.29, 0.717) is 53.3 Å². The summed E-state index contributed by atoms with van der Waals surface area (Å²) >= 11 is 0. The van der Waals surface area contributed by atoms with Crippen molar-refractivity contribution >= 4 is 0 Å². The smallest absolute Gasteiger partial charge is 0.0726 e. The van der Waals surface area contributed by atoms with E-state index in [0.717, 1.165) is 0 Å². The molecule has 0 atom stereocenters. The lowest BCUT2D eigenvalue weighted by Crippen LogP contribution is -2.51. The van der Waals surface area contributed by atoms with Gasteiger partial charge in [-0.15, -0.1) is 0 Å². The van der Waals surface area contributed by atoms with Crippen LogP contribution in [0.4, 0.5) is 0 Å². The molecule has 1 nitrogen and oxygen atoms in total. The number of hydrogen-bond acceptors (Lipinski definition) is 1. The van der Waals surface area contributed by atoms with Gasteiger partial charge >= 0.3 is 0 Å². The van der Waals surface area contributed by atoms with Crippen LogP contribution in [0.5, 0.6) is 0 Å². The minimum Gasteiger partial charge on any atom is -0.389 e. The van der Waals surface area contributed by atoms with Gasteiger partial charge in [0.2, 0.25) is 0 Å². The van der Waals surface area contributed by atoms with E-state index in [1.165, 1.54) is 0 Å². The Balaban J connectivity index is -0.000000221. The largest absolute Gasteiger partial charge is 0.389 e. The van der Waals surface area contributed by atoms with Crippen molar-refractivity contribution in [2.75, 3.05) is 0 Å². The van der Waals surface area contributed by atoms with Gasteiger partial charge < -0.3 is 5.11 Å². The summed E-state index contributed by atoms with van der Waals surface area (Å²) in [6, 6.07) is 0. The van der Waals surface area contributed by atoms with Crippen LogP contribution >= 0.6 is 0 Å². The van der Waals surface area contributed by atoms with Crippen LogP contribution in [0.15, 0.2) is 11.1 Å². The van der Waals surface area contributed by atoms with E-state index < -0.39 is 5.60 Å². The summed E-state index contributed by atoms with van der Waals surface area (Å²) in [5.41, 5.74) is 2.81. The first-order valence-electron chi connectivity index (χ1n) is 12.4. The van der Waals surface area contributed by atoms with Crippen LogP contribution in [-0.4, -0.2) is 10.7 Å². The van der Waals surface area contributed by atoms with E-state index in [1.54, 1.807) is 11.1 Å². The molecule has 0 aliphatic carbocycles. The van der Waals surface area contributed by atoms with E-state index >= 15 is 0 Å². The van der Waals surface area contributed by atoms with E-state index in [-0.39, 0.29) is 14.9 Å². The lowest BCUT2D eigenvalue weighted by Gasteiger charge is -2.47. The summed E-state index contributed by atoms with van der Waals surface area (Å²) in [5.74, 6) is 4.81. The summed E-state index contributed by atoms with van der Waals surface area (Å²) in [4.78, 5) is 0. The van der Waals surface area contributed by atoms with Crippen LogP contribution in [0.3, 0.4) is 0 Å². The second-order valence-electron chi connectivity index (χ2n) is 11.7. The first kappa shape index (κ1) is 38.0. The highest BCUT2D eigenvalue weighted by Gasteiger charge is 2.44. The van der Waals surface area contributed by atoms with Crippen LogP contribution < -0.4 is 0 Å². The Labute approximate surface area is 200 Å². The highest BCUT2D eigenvalue weighted by Crippen LogP contribution is 2.41. The SMILES string of the molecule is C.C.CC(C)C(=C(C(C)C)C(C)C)C(C)C.CC(C)C(C(C)C)C(O)(C(C)C)C(C)C. The van der Waals surface area contributed by atoms with Crippen LogP contribution in [0.2, 0.25) is 0 Å². The zero-order valence-electron chi connectivity index (χ0n) is 23.1. The van der Waals surface area contributed by atoms with Gasteiger partial charge in [0.25, 0.3) is 0 Å². The predicted octanol–water partition coefficient (Wildman–Crippen LogP) is 10.1. The average Bonchev–Trinajstić information content (AvgIpc) is 2.49. The molecule has 0 aromatic carbocycles. The fourth-order valence-electron chi connectivity index (χ4n) is 5.94. The van der Waals surface area contributed by atoms with Gasteiger partial charge in [0, 0.05) is 0 Å². The summed E-state index contributed by atoms with van der Waals surface area (Å²) in [7, 11) is 0. The Morgan fingerprint density at radius 2 is 0.645 bits per heavy atom. The van der Waals surface area contributed by atoms with Crippen LogP contribution in [0.1, 0.15) is 126 Å². The first-order valence-corrected chi connectivity index (χ1v) is 12.4. The summed E-state index contributed by atoms with van der Waals surface area (Å²) < 4.78 is 0. The Hall–Kier alpha value is -0.300. The predicted molar refractivity (Wildman–Crippen MR) is 148 cm³/mol. The fraction of sp³-hybridized carbons (Fsp3) is 0.933. The molecule has 0 fully saturated rings. The highest BCUT2D eigenvalue weighted by atomic mass is 16.3. The minimum atomic E-state index is -0.539. The molecule has 0 rings (SSSR count). The highest BCUT2D eigenvalue weighted by molar-refractivity contribution is 5.21. The van der Waals surface area contributed by atoms with Crippen molar-refractivity contribution in [3.8, 4) is 0 Å². The molecular formula is C30H66O. The molecule has 1 heteroatoms. The van der Waals surface area contributed by atoms with Crippen LogP contribution in [0, 0.1) is 53.3 Å². The molecule has 0 spiro atoms. The second-order valence-corrected chi connectivity index (χ2v) is 11.7. The quantitative estimate of drug-likeness (QED) is 0.352. The molecule has 0 unspecified atom stereocenters. The molecule has 0 aliphatic rings. The van der Waals surface area contributed by atoms with Gasteiger partial charge in [0.05, 0.1) is 5.60 Å². The zero-order chi connectivity index (χ0) is 23.9. The van der Waals surface area contributed by atoms with Gasteiger partial charge in [-0.05, 0) is 53.3 Å². The van der Waals surface area contributed by atoms with Crippen LogP contribution in [-0.2, 0) is 0 Å². The number of rotatable bonds is 9. The first-order chi connectivity index (χ1) is 12.9. The zero-order valence-corrected chi connectivity index (χ0v) is 23.1. The second kappa shape index (κ2) is 16.3. The topological polar surface area (TPSA) is 20.2 Å². The minimum absolute atomic E-state index is 0.